The van der Waals surface area contributed by atoms with E-state index in [2.05, 4.69) is 15.9 Å². The van der Waals surface area contributed by atoms with Gasteiger partial charge in [0.2, 0.25) is 0 Å². The largest absolute Gasteiger partial charge is 0.486 e. The van der Waals surface area contributed by atoms with E-state index >= 15 is 0 Å². The maximum absolute atomic E-state index is 11.8. The van der Waals surface area contributed by atoms with Crippen molar-refractivity contribution < 1.29 is 13.5 Å². The third-order valence-corrected chi connectivity index (χ3v) is 2.11. The van der Waals surface area contributed by atoms with Crippen molar-refractivity contribution in [1.29, 1.82) is 0 Å². The zero-order valence-electron chi connectivity index (χ0n) is 6.44. The molecule has 1 aromatic rings. The van der Waals surface area contributed by atoms with Gasteiger partial charge in [-0.25, -0.2) is 8.78 Å². The highest BCUT2D eigenvalue weighted by atomic mass is 79.9. The topological polar surface area (TPSA) is 9.23 Å². The Labute approximate surface area is 87.8 Å². The summed E-state index contributed by atoms with van der Waals surface area (Å²) in [6.45, 7) is -0.611. The molecule has 0 saturated heterocycles. The lowest BCUT2D eigenvalue weighted by Gasteiger charge is -2.07. The van der Waals surface area contributed by atoms with Crippen LogP contribution in [0, 0.1) is 0 Å². The Morgan fingerprint density at radius 2 is 2.15 bits per heavy atom. The van der Waals surface area contributed by atoms with Crippen LogP contribution in [0.5, 0.6) is 5.75 Å². The molecule has 0 bridgehead atoms. The van der Waals surface area contributed by atoms with Gasteiger partial charge in [-0.05, 0) is 34.1 Å². The first-order valence-corrected chi connectivity index (χ1v) is 4.62. The Morgan fingerprint density at radius 1 is 1.46 bits per heavy atom. The molecule has 0 fully saturated rings. The predicted octanol–water partition coefficient (Wildman–Crippen LogP) is 3.75. The van der Waals surface area contributed by atoms with Crippen molar-refractivity contribution in [2.24, 2.45) is 0 Å². The van der Waals surface area contributed by atoms with Crippen molar-refractivity contribution in [3.63, 3.8) is 0 Å². The first kappa shape index (κ1) is 10.7. The fraction of sp³-hybridized carbons (Fsp3) is 0.250. The molecule has 1 nitrogen and oxygen atoms in total. The zero-order chi connectivity index (χ0) is 9.84. The second kappa shape index (κ2) is 4.77. The summed E-state index contributed by atoms with van der Waals surface area (Å²) in [5, 5.41) is 0.524. The van der Waals surface area contributed by atoms with E-state index < -0.39 is 13.0 Å². The SMILES string of the molecule is FC(F)COc1ccc(Cl)cc1Br. The Bertz CT molecular complexity index is 293. The molecule has 0 aliphatic carbocycles. The normalized spacial score (nSPS) is 10.5. The quantitative estimate of drug-likeness (QED) is 0.813. The number of benzene rings is 1. The summed E-state index contributed by atoms with van der Waals surface area (Å²) in [5.74, 6) is 0.365. The Morgan fingerprint density at radius 3 is 2.69 bits per heavy atom. The summed E-state index contributed by atoms with van der Waals surface area (Å²) in [6.07, 6.45) is -2.47. The maximum Gasteiger partial charge on any atom is 0.272 e. The molecule has 0 saturated carbocycles. The molecular weight excluding hydrogens is 265 g/mol. The first-order valence-electron chi connectivity index (χ1n) is 3.45. The van der Waals surface area contributed by atoms with Crippen molar-refractivity contribution in [1.82, 2.24) is 0 Å². The van der Waals surface area contributed by atoms with E-state index in [1.165, 1.54) is 6.07 Å². The predicted molar refractivity (Wildman–Crippen MR) is 50.7 cm³/mol. The van der Waals surface area contributed by atoms with E-state index in [4.69, 9.17) is 16.3 Å². The van der Waals surface area contributed by atoms with Gasteiger partial charge in [0.25, 0.3) is 6.43 Å². The summed E-state index contributed by atoms with van der Waals surface area (Å²) in [6, 6.07) is 4.70. The average Bonchev–Trinajstić information content (AvgIpc) is 2.02. The molecule has 0 aliphatic rings. The number of alkyl halides is 2. The second-order valence-electron chi connectivity index (χ2n) is 2.28. The average molecular weight is 271 g/mol. The van der Waals surface area contributed by atoms with Crippen molar-refractivity contribution in [2.75, 3.05) is 6.61 Å². The monoisotopic (exact) mass is 270 g/mol. The second-order valence-corrected chi connectivity index (χ2v) is 3.57. The van der Waals surface area contributed by atoms with Crippen molar-refractivity contribution in [3.8, 4) is 5.75 Å². The Kier molecular flexibility index (Phi) is 3.93. The number of halogens is 4. The van der Waals surface area contributed by atoms with Crippen LogP contribution in [0.3, 0.4) is 0 Å². The van der Waals surface area contributed by atoms with Gasteiger partial charge in [0.15, 0.2) is 0 Å². The minimum absolute atomic E-state index is 0.365. The summed E-state index contributed by atoms with van der Waals surface area (Å²) in [4.78, 5) is 0. The van der Waals surface area contributed by atoms with Gasteiger partial charge < -0.3 is 4.74 Å². The molecule has 1 aromatic carbocycles. The van der Waals surface area contributed by atoms with Gasteiger partial charge in [-0.2, -0.15) is 0 Å². The molecule has 13 heavy (non-hydrogen) atoms. The van der Waals surface area contributed by atoms with Gasteiger partial charge in [0, 0.05) is 5.02 Å². The van der Waals surface area contributed by atoms with Gasteiger partial charge in [-0.1, -0.05) is 11.6 Å². The van der Waals surface area contributed by atoms with E-state index in [0.29, 0.717) is 15.2 Å². The smallest absolute Gasteiger partial charge is 0.272 e. The maximum atomic E-state index is 11.8. The van der Waals surface area contributed by atoms with E-state index in [0.717, 1.165) is 0 Å². The highest BCUT2D eigenvalue weighted by Gasteiger charge is 2.06. The molecule has 0 N–H and O–H groups in total. The first-order chi connectivity index (χ1) is 6.09. The lowest BCUT2D eigenvalue weighted by molar-refractivity contribution is 0.0815. The summed E-state index contributed by atoms with van der Waals surface area (Å²) in [7, 11) is 0. The Balaban J connectivity index is 2.67. The molecule has 0 heterocycles. The van der Waals surface area contributed by atoms with Crippen LogP contribution in [0.1, 0.15) is 0 Å². The number of hydrogen-bond donors (Lipinski definition) is 0. The molecule has 0 spiro atoms. The van der Waals surface area contributed by atoms with E-state index in [1.54, 1.807) is 12.1 Å². The molecule has 0 amide bonds. The summed E-state index contributed by atoms with van der Waals surface area (Å²) in [5.41, 5.74) is 0. The van der Waals surface area contributed by atoms with E-state index in [-0.39, 0.29) is 0 Å². The molecule has 0 aliphatic heterocycles. The minimum Gasteiger partial charge on any atom is -0.486 e. The van der Waals surface area contributed by atoms with Crippen LogP contribution in [0.2, 0.25) is 5.02 Å². The molecule has 5 heteroatoms. The van der Waals surface area contributed by atoms with Gasteiger partial charge >= 0.3 is 0 Å². The van der Waals surface area contributed by atoms with Crippen LogP contribution in [0.15, 0.2) is 22.7 Å². The van der Waals surface area contributed by atoms with Crippen LogP contribution in [-0.4, -0.2) is 13.0 Å². The molecular formula is C8H6BrClF2O. The minimum atomic E-state index is -2.47. The Hall–Kier alpha value is -0.350. The van der Waals surface area contributed by atoms with Gasteiger partial charge in [0.05, 0.1) is 4.47 Å². The summed E-state index contributed by atoms with van der Waals surface area (Å²) < 4.78 is 28.9. The number of ether oxygens (including phenoxy) is 1. The van der Waals surface area contributed by atoms with Crippen molar-refractivity contribution in [3.05, 3.63) is 27.7 Å². The molecule has 0 radical (unpaired) electrons. The molecule has 72 valence electrons. The van der Waals surface area contributed by atoms with Crippen LogP contribution < -0.4 is 4.74 Å². The van der Waals surface area contributed by atoms with E-state index in [9.17, 15) is 8.78 Å². The van der Waals surface area contributed by atoms with Gasteiger partial charge in [-0.15, -0.1) is 0 Å². The van der Waals surface area contributed by atoms with Crippen LogP contribution in [-0.2, 0) is 0 Å². The summed E-state index contributed by atoms with van der Waals surface area (Å²) >= 11 is 8.79. The fourth-order valence-corrected chi connectivity index (χ4v) is 1.54. The lowest BCUT2D eigenvalue weighted by atomic mass is 10.3. The van der Waals surface area contributed by atoms with Crippen LogP contribution in [0.25, 0.3) is 0 Å². The van der Waals surface area contributed by atoms with Crippen LogP contribution in [0.4, 0.5) is 8.78 Å². The van der Waals surface area contributed by atoms with Crippen molar-refractivity contribution in [2.45, 2.75) is 6.43 Å². The molecule has 0 atom stereocenters. The molecule has 0 unspecified atom stereocenters. The van der Waals surface area contributed by atoms with Gasteiger partial charge in [0.1, 0.15) is 12.4 Å². The van der Waals surface area contributed by atoms with Crippen molar-refractivity contribution >= 4 is 27.5 Å². The third kappa shape index (κ3) is 3.48. The molecule has 0 aromatic heterocycles. The van der Waals surface area contributed by atoms with Gasteiger partial charge in [-0.3, -0.25) is 0 Å². The molecule has 1 rings (SSSR count). The third-order valence-electron chi connectivity index (χ3n) is 1.26. The highest BCUT2D eigenvalue weighted by molar-refractivity contribution is 9.10. The number of rotatable bonds is 3. The van der Waals surface area contributed by atoms with Crippen LogP contribution >= 0.6 is 27.5 Å². The highest BCUT2D eigenvalue weighted by Crippen LogP contribution is 2.28. The fourth-order valence-electron chi connectivity index (χ4n) is 0.745. The number of hydrogen-bond acceptors (Lipinski definition) is 1. The standard InChI is InChI=1S/C8H6BrClF2O/c9-6-3-5(10)1-2-7(6)13-4-8(11)12/h1-3,8H,4H2. The zero-order valence-corrected chi connectivity index (χ0v) is 8.78. The lowest BCUT2D eigenvalue weighted by Crippen LogP contribution is -2.07. The van der Waals surface area contributed by atoms with E-state index in [1.807, 2.05) is 0 Å².